The maximum Gasteiger partial charge on any atom is 0.401 e. The van der Waals surface area contributed by atoms with Gasteiger partial charge < -0.3 is 5.11 Å². The first-order valence-corrected chi connectivity index (χ1v) is 8.83. The molecular weight excluding hydrogens is 333 g/mol. The molecule has 4 rings (SSSR count). The number of ketones is 2. The highest BCUT2D eigenvalue weighted by Gasteiger charge is 2.69. The Hall–Kier alpha value is -1.43. The van der Waals surface area contributed by atoms with Gasteiger partial charge in [-0.1, -0.05) is 6.08 Å². The number of aliphatic hydroxyl groups is 1. The van der Waals surface area contributed by atoms with E-state index in [1.165, 1.54) is 6.08 Å². The third-order valence-corrected chi connectivity index (χ3v) is 7.30. The van der Waals surface area contributed by atoms with Crippen molar-refractivity contribution in [3.63, 3.8) is 0 Å². The van der Waals surface area contributed by atoms with E-state index in [0.29, 0.717) is 6.42 Å². The van der Waals surface area contributed by atoms with Crippen molar-refractivity contribution in [1.29, 1.82) is 0 Å². The lowest BCUT2D eigenvalue weighted by Crippen LogP contribution is -2.59. The molecule has 0 aliphatic heterocycles. The van der Waals surface area contributed by atoms with E-state index in [1.54, 1.807) is 13.0 Å². The first-order chi connectivity index (χ1) is 11.6. The number of hydrogen-bond acceptors (Lipinski definition) is 3. The largest absolute Gasteiger partial charge is 0.401 e. The fourth-order valence-corrected chi connectivity index (χ4v) is 5.79. The molecule has 25 heavy (non-hydrogen) atoms. The first kappa shape index (κ1) is 17.0. The number of carbonyl (C=O) groups excluding carboxylic acids is 2. The lowest BCUT2D eigenvalue weighted by Gasteiger charge is -2.56. The molecule has 136 valence electrons. The van der Waals surface area contributed by atoms with Gasteiger partial charge in [-0.2, -0.15) is 13.2 Å². The van der Waals surface area contributed by atoms with Gasteiger partial charge in [0.25, 0.3) is 0 Å². The third-order valence-electron chi connectivity index (χ3n) is 7.30. The average Bonchev–Trinajstić information content (AvgIpc) is 2.77. The van der Waals surface area contributed by atoms with Gasteiger partial charge in [0.05, 0.1) is 11.0 Å². The minimum Gasteiger partial charge on any atom is -0.388 e. The van der Waals surface area contributed by atoms with Gasteiger partial charge in [0.15, 0.2) is 5.78 Å². The Bertz CT molecular complexity index is 735. The van der Waals surface area contributed by atoms with Crippen molar-refractivity contribution in [3.8, 4) is 0 Å². The lowest BCUT2D eigenvalue weighted by atomic mass is 9.49. The maximum absolute atomic E-state index is 14.3. The summed E-state index contributed by atoms with van der Waals surface area (Å²) in [5, 5.41) is 11.3. The molecule has 6 heteroatoms. The van der Waals surface area contributed by atoms with Crippen LogP contribution in [0.1, 0.15) is 51.9 Å². The Morgan fingerprint density at radius 1 is 1.16 bits per heavy atom. The average molecular weight is 354 g/mol. The second-order valence-corrected chi connectivity index (χ2v) is 8.17. The van der Waals surface area contributed by atoms with Crippen molar-refractivity contribution in [3.05, 3.63) is 23.3 Å². The van der Waals surface area contributed by atoms with Gasteiger partial charge in [0.2, 0.25) is 0 Å². The molecule has 3 nitrogen and oxygen atoms in total. The Labute approximate surface area is 144 Å². The summed E-state index contributed by atoms with van der Waals surface area (Å²) in [6, 6.07) is 0. The second-order valence-electron chi connectivity index (χ2n) is 8.17. The summed E-state index contributed by atoms with van der Waals surface area (Å²) >= 11 is 0. The van der Waals surface area contributed by atoms with Crippen LogP contribution in [0.3, 0.4) is 0 Å². The Morgan fingerprint density at radius 2 is 1.88 bits per heavy atom. The molecule has 0 aromatic carbocycles. The van der Waals surface area contributed by atoms with E-state index in [0.717, 1.165) is 0 Å². The monoisotopic (exact) mass is 354 g/mol. The quantitative estimate of drug-likeness (QED) is 0.676. The van der Waals surface area contributed by atoms with Crippen LogP contribution in [0.25, 0.3) is 0 Å². The van der Waals surface area contributed by atoms with E-state index in [2.05, 4.69) is 0 Å². The lowest BCUT2D eigenvalue weighted by molar-refractivity contribution is -0.214. The smallest absolute Gasteiger partial charge is 0.388 e. The van der Waals surface area contributed by atoms with Crippen LogP contribution in [0.2, 0.25) is 0 Å². The highest BCUT2D eigenvalue weighted by molar-refractivity contribution is 5.92. The van der Waals surface area contributed by atoms with E-state index in [-0.39, 0.29) is 61.2 Å². The SMILES string of the molecule is C[C@]12CC=C3[C@@H](CCC4=CC(=O)CC[C@@]43C(F)(F)F)[C@@]1(O)CCC2=O. The van der Waals surface area contributed by atoms with Crippen LogP contribution in [0.5, 0.6) is 0 Å². The van der Waals surface area contributed by atoms with Crippen molar-refractivity contribution in [2.75, 3.05) is 0 Å². The predicted octanol–water partition coefficient (Wildman–Crippen LogP) is 3.66. The van der Waals surface area contributed by atoms with Crippen LogP contribution in [0.4, 0.5) is 13.2 Å². The van der Waals surface area contributed by atoms with Crippen molar-refractivity contribution in [1.82, 2.24) is 0 Å². The minimum absolute atomic E-state index is 0.0634. The van der Waals surface area contributed by atoms with Gasteiger partial charge in [-0.3, -0.25) is 9.59 Å². The molecule has 4 aliphatic rings. The molecular formula is C19H21F3O3. The van der Waals surface area contributed by atoms with Gasteiger partial charge >= 0.3 is 6.18 Å². The number of rotatable bonds is 0. The molecule has 0 saturated heterocycles. The molecule has 4 aliphatic carbocycles. The molecule has 0 bridgehead atoms. The Morgan fingerprint density at radius 3 is 2.56 bits per heavy atom. The van der Waals surface area contributed by atoms with Crippen LogP contribution >= 0.6 is 0 Å². The summed E-state index contributed by atoms with van der Waals surface area (Å²) in [4.78, 5) is 24.1. The van der Waals surface area contributed by atoms with Crippen LogP contribution < -0.4 is 0 Å². The van der Waals surface area contributed by atoms with E-state index in [4.69, 9.17) is 0 Å². The fraction of sp³-hybridized carbons (Fsp3) is 0.684. The molecule has 2 saturated carbocycles. The zero-order valence-corrected chi connectivity index (χ0v) is 14.1. The standard InChI is InChI=1S/C19H21F3O3/c1-16-7-5-13-14(18(16,25)9-6-15(16)24)3-2-11-10-12(23)4-8-17(11,13)19(20,21)22/h5,10,14,25H,2-4,6-9H2,1H3/t14-,16-,17-,18+/m1/s1. The van der Waals surface area contributed by atoms with Crippen LogP contribution in [-0.4, -0.2) is 28.5 Å². The fourth-order valence-electron chi connectivity index (χ4n) is 5.79. The van der Waals surface area contributed by atoms with Crippen molar-refractivity contribution in [2.24, 2.45) is 16.7 Å². The molecule has 4 atom stereocenters. The van der Waals surface area contributed by atoms with Gasteiger partial charge in [0.1, 0.15) is 11.2 Å². The number of allylic oxidation sites excluding steroid dienone is 3. The number of carbonyl (C=O) groups is 2. The van der Waals surface area contributed by atoms with Crippen molar-refractivity contribution in [2.45, 2.75) is 63.6 Å². The Balaban J connectivity index is 1.92. The minimum atomic E-state index is -4.52. The topological polar surface area (TPSA) is 54.4 Å². The molecule has 0 radical (unpaired) electrons. The summed E-state index contributed by atoms with van der Waals surface area (Å²) in [7, 11) is 0. The molecule has 0 amide bonds. The highest BCUT2D eigenvalue weighted by Crippen LogP contribution is 2.67. The number of Topliss-reactive ketones (excluding diaryl/α,β-unsaturated/α-hetero) is 1. The summed E-state index contributed by atoms with van der Waals surface area (Å²) in [6.07, 6.45) is -1.16. The normalized spacial score (nSPS) is 43.8. The first-order valence-electron chi connectivity index (χ1n) is 8.83. The second kappa shape index (κ2) is 4.84. The summed E-state index contributed by atoms with van der Waals surface area (Å²) in [5.74, 6) is -1.000. The summed E-state index contributed by atoms with van der Waals surface area (Å²) in [5.41, 5.74) is -4.24. The maximum atomic E-state index is 14.3. The number of hydrogen-bond donors (Lipinski definition) is 1. The predicted molar refractivity (Wildman–Crippen MR) is 83.5 cm³/mol. The molecule has 2 fully saturated rings. The molecule has 0 spiro atoms. The molecule has 0 aromatic heterocycles. The molecule has 0 aromatic rings. The van der Waals surface area contributed by atoms with Crippen LogP contribution in [0.15, 0.2) is 23.3 Å². The Kier molecular flexibility index (Phi) is 3.29. The van der Waals surface area contributed by atoms with Crippen LogP contribution in [0, 0.1) is 16.7 Å². The van der Waals surface area contributed by atoms with E-state index in [1.807, 2.05) is 0 Å². The van der Waals surface area contributed by atoms with E-state index < -0.39 is 28.5 Å². The molecule has 1 N–H and O–H groups in total. The van der Waals surface area contributed by atoms with Crippen molar-refractivity contribution < 1.29 is 27.9 Å². The van der Waals surface area contributed by atoms with Crippen LogP contribution in [-0.2, 0) is 9.59 Å². The van der Waals surface area contributed by atoms with Gasteiger partial charge in [0, 0.05) is 18.8 Å². The highest BCUT2D eigenvalue weighted by atomic mass is 19.4. The molecule has 0 heterocycles. The molecule has 0 unspecified atom stereocenters. The van der Waals surface area contributed by atoms with E-state index >= 15 is 0 Å². The number of alkyl halides is 3. The zero-order valence-electron chi connectivity index (χ0n) is 14.1. The number of halogens is 3. The zero-order chi connectivity index (χ0) is 18.3. The third kappa shape index (κ3) is 1.86. The van der Waals surface area contributed by atoms with Crippen molar-refractivity contribution >= 4 is 11.6 Å². The van der Waals surface area contributed by atoms with Gasteiger partial charge in [-0.15, -0.1) is 0 Å². The summed E-state index contributed by atoms with van der Waals surface area (Å²) in [6.45, 7) is 1.69. The van der Waals surface area contributed by atoms with Gasteiger partial charge in [-0.05, 0) is 56.3 Å². The number of fused-ring (bicyclic) bond motifs is 5. The van der Waals surface area contributed by atoms with E-state index in [9.17, 15) is 27.9 Å². The van der Waals surface area contributed by atoms with Gasteiger partial charge in [-0.25, -0.2) is 0 Å². The summed E-state index contributed by atoms with van der Waals surface area (Å²) < 4.78 is 42.8.